The van der Waals surface area contributed by atoms with Gasteiger partial charge in [-0.2, -0.15) is 0 Å². The van der Waals surface area contributed by atoms with E-state index in [2.05, 4.69) is 10.2 Å². The molecule has 0 atom stereocenters. The maximum Gasteiger partial charge on any atom is 0.338 e. The number of aromatic carboxylic acids is 1. The summed E-state index contributed by atoms with van der Waals surface area (Å²) in [6.07, 6.45) is 0. The Balaban J connectivity index is 2.21. The molecule has 0 spiro atoms. The zero-order chi connectivity index (χ0) is 13.1. The van der Waals surface area contributed by atoms with Crippen LogP contribution in [0.15, 0.2) is 12.1 Å². The largest absolute Gasteiger partial charge is 0.478 e. The molecule has 0 aromatic heterocycles. The summed E-state index contributed by atoms with van der Waals surface area (Å²) < 4.78 is 13.5. The molecule has 1 aliphatic rings. The Morgan fingerprint density at radius 3 is 2.72 bits per heavy atom. The Labute approximate surface area is 105 Å². The van der Waals surface area contributed by atoms with Crippen molar-refractivity contribution in [1.29, 1.82) is 0 Å². The van der Waals surface area contributed by atoms with Crippen LogP contribution in [0.4, 0.5) is 4.39 Å². The number of nitrogens with zero attached hydrogens (tertiary/aromatic N) is 1. The minimum atomic E-state index is -1.21. The summed E-state index contributed by atoms with van der Waals surface area (Å²) in [5.41, 5.74) is 1.44. The first kappa shape index (κ1) is 13.0. The average molecular weight is 252 g/mol. The van der Waals surface area contributed by atoms with Gasteiger partial charge in [0.05, 0.1) is 5.56 Å². The Kier molecular flexibility index (Phi) is 3.93. The van der Waals surface area contributed by atoms with E-state index in [9.17, 15) is 9.18 Å². The molecular weight excluding hydrogens is 235 g/mol. The third kappa shape index (κ3) is 2.86. The molecule has 0 unspecified atom stereocenters. The van der Waals surface area contributed by atoms with Crippen LogP contribution in [0.25, 0.3) is 0 Å². The fourth-order valence-electron chi connectivity index (χ4n) is 2.16. The van der Waals surface area contributed by atoms with E-state index in [1.54, 1.807) is 0 Å². The molecule has 98 valence electrons. The molecule has 5 heteroatoms. The SMILES string of the molecule is Cc1cc(F)c(C(=O)O)cc1CN1CCNCC1. The van der Waals surface area contributed by atoms with Crippen molar-refractivity contribution in [2.45, 2.75) is 13.5 Å². The van der Waals surface area contributed by atoms with Gasteiger partial charge >= 0.3 is 5.97 Å². The lowest BCUT2D eigenvalue weighted by Gasteiger charge is -2.27. The van der Waals surface area contributed by atoms with Crippen molar-refractivity contribution in [2.75, 3.05) is 26.2 Å². The topological polar surface area (TPSA) is 52.6 Å². The van der Waals surface area contributed by atoms with E-state index in [1.807, 2.05) is 6.92 Å². The molecule has 0 radical (unpaired) electrons. The molecule has 0 saturated carbocycles. The van der Waals surface area contributed by atoms with Crippen molar-refractivity contribution in [3.8, 4) is 0 Å². The quantitative estimate of drug-likeness (QED) is 0.849. The lowest BCUT2D eigenvalue weighted by atomic mass is 10.0. The Hall–Kier alpha value is -1.46. The number of piperazine rings is 1. The normalized spacial score (nSPS) is 16.8. The molecule has 1 aliphatic heterocycles. The Bertz CT molecular complexity index is 457. The second-order valence-electron chi connectivity index (χ2n) is 4.59. The van der Waals surface area contributed by atoms with Crippen LogP contribution in [0, 0.1) is 12.7 Å². The highest BCUT2D eigenvalue weighted by Gasteiger charge is 2.16. The van der Waals surface area contributed by atoms with E-state index in [-0.39, 0.29) is 5.56 Å². The summed E-state index contributed by atoms with van der Waals surface area (Å²) >= 11 is 0. The fourth-order valence-corrected chi connectivity index (χ4v) is 2.16. The molecule has 0 amide bonds. The second kappa shape index (κ2) is 5.46. The number of halogens is 1. The van der Waals surface area contributed by atoms with E-state index in [4.69, 9.17) is 5.11 Å². The third-order valence-electron chi connectivity index (χ3n) is 3.26. The third-order valence-corrected chi connectivity index (χ3v) is 3.26. The summed E-state index contributed by atoms with van der Waals surface area (Å²) in [7, 11) is 0. The molecule has 18 heavy (non-hydrogen) atoms. The zero-order valence-corrected chi connectivity index (χ0v) is 10.4. The molecule has 0 aliphatic carbocycles. The van der Waals surface area contributed by atoms with Gasteiger partial charge in [-0.25, -0.2) is 9.18 Å². The number of aryl methyl sites for hydroxylation is 1. The zero-order valence-electron chi connectivity index (χ0n) is 10.4. The number of carboxylic acid groups (broad SMARTS) is 1. The standard InChI is InChI=1S/C13H17FN2O2/c1-9-6-12(14)11(13(17)18)7-10(9)8-16-4-2-15-3-5-16/h6-7,15H,2-5,8H2,1H3,(H,17,18). The van der Waals surface area contributed by atoms with Gasteiger partial charge in [0.25, 0.3) is 0 Å². The highest BCUT2D eigenvalue weighted by atomic mass is 19.1. The summed E-state index contributed by atoms with van der Waals surface area (Å²) in [6.45, 7) is 6.22. The maximum atomic E-state index is 13.5. The molecule has 1 heterocycles. The number of hydrogen-bond donors (Lipinski definition) is 2. The van der Waals surface area contributed by atoms with Gasteiger partial charge in [-0.15, -0.1) is 0 Å². The molecule has 1 fully saturated rings. The van der Waals surface area contributed by atoms with Gasteiger partial charge in [-0.05, 0) is 30.2 Å². The predicted molar refractivity (Wildman–Crippen MR) is 66.2 cm³/mol. The molecule has 2 rings (SSSR count). The first-order valence-electron chi connectivity index (χ1n) is 6.03. The molecule has 4 nitrogen and oxygen atoms in total. The highest BCUT2D eigenvalue weighted by molar-refractivity contribution is 5.88. The van der Waals surface area contributed by atoms with Crippen LogP contribution in [-0.2, 0) is 6.54 Å². The van der Waals surface area contributed by atoms with Crippen molar-refractivity contribution < 1.29 is 14.3 Å². The Morgan fingerprint density at radius 2 is 2.11 bits per heavy atom. The van der Waals surface area contributed by atoms with Crippen molar-refractivity contribution in [1.82, 2.24) is 10.2 Å². The van der Waals surface area contributed by atoms with Crippen LogP contribution in [0.2, 0.25) is 0 Å². The van der Waals surface area contributed by atoms with Gasteiger partial charge in [0.2, 0.25) is 0 Å². The number of carboxylic acids is 1. The van der Waals surface area contributed by atoms with Gasteiger partial charge in [-0.1, -0.05) is 0 Å². The predicted octanol–water partition coefficient (Wildman–Crippen LogP) is 1.24. The van der Waals surface area contributed by atoms with Crippen LogP contribution in [0.1, 0.15) is 21.5 Å². The fraction of sp³-hybridized carbons (Fsp3) is 0.462. The van der Waals surface area contributed by atoms with Crippen LogP contribution >= 0.6 is 0 Å². The molecular formula is C13H17FN2O2. The lowest BCUT2D eigenvalue weighted by molar-refractivity contribution is 0.0691. The van der Waals surface area contributed by atoms with Crippen molar-refractivity contribution in [3.63, 3.8) is 0 Å². The molecule has 1 aromatic rings. The van der Waals surface area contributed by atoms with E-state index >= 15 is 0 Å². The molecule has 2 N–H and O–H groups in total. The van der Waals surface area contributed by atoms with Crippen molar-refractivity contribution in [2.24, 2.45) is 0 Å². The number of carbonyl (C=O) groups is 1. The summed E-state index contributed by atoms with van der Waals surface area (Å²) in [6, 6.07) is 2.76. The number of hydrogen-bond acceptors (Lipinski definition) is 3. The molecule has 1 aromatic carbocycles. The first-order chi connectivity index (χ1) is 8.58. The van der Waals surface area contributed by atoms with Gasteiger partial charge in [-0.3, -0.25) is 4.90 Å². The van der Waals surface area contributed by atoms with Crippen LogP contribution < -0.4 is 5.32 Å². The van der Waals surface area contributed by atoms with Gasteiger partial charge < -0.3 is 10.4 Å². The summed E-state index contributed by atoms with van der Waals surface area (Å²) in [5, 5.41) is 12.2. The highest BCUT2D eigenvalue weighted by Crippen LogP contribution is 2.17. The number of nitrogens with one attached hydrogen (secondary N) is 1. The molecule has 0 bridgehead atoms. The van der Waals surface area contributed by atoms with Crippen molar-refractivity contribution in [3.05, 3.63) is 34.6 Å². The minimum Gasteiger partial charge on any atom is -0.478 e. The van der Waals surface area contributed by atoms with E-state index in [0.29, 0.717) is 6.54 Å². The first-order valence-corrected chi connectivity index (χ1v) is 6.03. The Morgan fingerprint density at radius 1 is 1.44 bits per heavy atom. The number of benzene rings is 1. The van der Waals surface area contributed by atoms with Gasteiger partial charge in [0.15, 0.2) is 0 Å². The maximum absolute atomic E-state index is 13.5. The van der Waals surface area contributed by atoms with E-state index in [1.165, 1.54) is 12.1 Å². The second-order valence-corrected chi connectivity index (χ2v) is 4.59. The van der Waals surface area contributed by atoms with Crippen LogP contribution in [-0.4, -0.2) is 42.2 Å². The van der Waals surface area contributed by atoms with Gasteiger partial charge in [0.1, 0.15) is 5.82 Å². The monoisotopic (exact) mass is 252 g/mol. The van der Waals surface area contributed by atoms with Gasteiger partial charge in [0, 0.05) is 32.7 Å². The van der Waals surface area contributed by atoms with E-state index < -0.39 is 11.8 Å². The smallest absolute Gasteiger partial charge is 0.338 e. The van der Waals surface area contributed by atoms with Crippen LogP contribution in [0.5, 0.6) is 0 Å². The number of rotatable bonds is 3. The van der Waals surface area contributed by atoms with E-state index in [0.717, 1.165) is 37.3 Å². The average Bonchev–Trinajstić information content (AvgIpc) is 2.33. The van der Waals surface area contributed by atoms with Crippen LogP contribution in [0.3, 0.4) is 0 Å². The van der Waals surface area contributed by atoms with Crippen molar-refractivity contribution >= 4 is 5.97 Å². The lowest BCUT2D eigenvalue weighted by Crippen LogP contribution is -2.43. The summed E-state index contributed by atoms with van der Waals surface area (Å²) in [5.74, 6) is -1.88. The molecule has 1 saturated heterocycles. The minimum absolute atomic E-state index is 0.245. The summed E-state index contributed by atoms with van der Waals surface area (Å²) in [4.78, 5) is 13.2.